The molecule has 0 aromatic heterocycles. The van der Waals surface area contributed by atoms with Crippen LogP contribution in [0.2, 0.25) is 0 Å². The van der Waals surface area contributed by atoms with Gasteiger partial charge in [-0.05, 0) is 57.1 Å². The van der Waals surface area contributed by atoms with Crippen molar-refractivity contribution in [1.29, 1.82) is 0 Å². The van der Waals surface area contributed by atoms with Gasteiger partial charge in [0.2, 0.25) is 5.91 Å². The molecular weight excluding hydrogens is 292 g/mol. The first-order chi connectivity index (χ1) is 9.13. The van der Waals surface area contributed by atoms with Gasteiger partial charge < -0.3 is 10.6 Å². The third-order valence-electron chi connectivity index (χ3n) is 5.00. The van der Waals surface area contributed by atoms with Crippen molar-refractivity contribution in [3.63, 3.8) is 0 Å². The summed E-state index contributed by atoms with van der Waals surface area (Å²) in [6.45, 7) is 3.14. The van der Waals surface area contributed by atoms with Gasteiger partial charge in [0.25, 0.3) is 0 Å². The van der Waals surface area contributed by atoms with E-state index in [9.17, 15) is 4.79 Å². The number of hydrogen-bond donors (Lipinski definition) is 2. The molecule has 0 radical (unpaired) electrons. The number of carbonyl (C=O) groups excluding carboxylic acids is 1. The Labute approximate surface area is 132 Å². The van der Waals surface area contributed by atoms with E-state index in [1.165, 1.54) is 44.3 Å². The molecular formula is C15H27ClN2OS. The Kier molecular flexibility index (Phi) is 5.66. The van der Waals surface area contributed by atoms with Crippen LogP contribution in [-0.4, -0.2) is 35.0 Å². The predicted molar refractivity (Wildman–Crippen MR) is 87.6 cm³/mol. The van der Waals surface area contributed by atoms with Gasteiger partial charge in [-0.1, -0.05) is 0 Å². The summed E-state index contributed by atoms with van der Waals surface area (Å²) < 4.78 is 0.294. The predicted octanol–water partition coefficient (Wildman–Crippen LogP) is 2.73. The second-order valence-electron chi connectivity index (χ2n) is 6.86. The van der Waals surface area contributed by atoms with Crippen LogP contribution in [0.4, 0.5) is 0 Å². The minimum atomic E-state index is 0. The molecule has 0 spiro atoms. The fraction of sp³-hybridized carbons (Fsp3) is 0.933. The molecule has 2 bridgehead atoms. The average molecular weight is 319 g/mol. The Morgan fingerprint density at radius 2 is 2.05 bits per heavy atom. The van der Waals surface area contributed by atoms with Crippen LogP contribution < -0.4 is 10.6 Å². The van der Waals surface area contributed by atoms with Crippen LogP contribution in [0.1, 0.15) is 51.9 Å². The first kappa shape index (κ1) is 16.4. The molecule has 3 heterocycles. The zero-order chi connectivity index (χ0) is 13.3. The standard InChI is InChI=1S/C15H26N2OS.ClH/c1-15(5-2-6-19-15)10-16-14(18)9-11-7-12-3-4-13(8-11)17-12;/h11-13,17H,2-10H2,1H3,(H,16,18);1H. The number of carbonyl (C=O) groups is 1. The lowest BCUT2D eigenvalue weighted by atomic mass is 9.89. The number of nitrogens with one attached hydrogen (secondary N) is 2. The van der Waals surface area contributed by atoms with Crippen molar-refractivity contribution in [2.24, 2.45) is 5.92 Å². The van der Waals surface area contributed by atoms with Crippen molar-refractivity contribution < 1.29 is 4.79 Å². The van der Waals surface area contributed by atoms with E-state index in [-0.39, 0.29) is 18.3 Å². The van der Waals surface area contributed by atoms with Crippen LogP contribution in [0.5, 0.6) is 0 Å². The summed E-state index contributed by atoms with van der Waals surface area (Å²) in [7, 11) is 0. The number of amides is 1. The van der Waals surface area contributed by atoms with Crippen LogP contribution in [0.15, 0.2) is 0 Å². The van der Waals surface area contributed by atoms with Gasteiger partial charge in [-0.2, -0.15) is 11.8 Å². The Morgan fingerprint density at radius 1 is 1.35 bits per heavy atom. The molecule has 116 valence electrons. The van der Waals surface area contributed by atoms with Crippen molar-refractivity contribution in [1.82, 2.24) is 10.6 Å². The third kappa shape index (κ3) is 4.05. The summed E-state index contributed by atoms with van der Waals surface area (Å²) >= 11 is 2.02. The van der Waals surface area contributed by atoms with Gasteiger partial charge in [0.1, 0.15) is 0 Å². The summed E-state index contributed by atoms with van der Waals surface area (Å²) in [4.78, 5) is 12.1. The first-order valence-electron chi connectivity index (χ1n) is 7.80. The third-order valence-corrected chi connectivity index (χ3v) is 6.54. The van der Waals surface area contributed by atoms with Gasteiger partial charge >= 0.3 is 0 Å². The molecule has 3 aliphatic heterocycles. The molecule has 3 fully saturated rings. The Hall–Kier alpha value is 0.0700. The van der Waals surface area contributed by atoms with Crippen molar-refractivity contribution in [2.75, 3.05) is 12.3 Å². The zero-order valence-corrected chi connectivity index (χ0v) is 14.0. The monoisotopic (exact) mass is 318 g/mol. The van der Waals surface area contributed by atoms with Gasteiger partial charge in [-0.15, -0.1) is 12.4 Å². The van der Waals surface area contributed by atoms with E-state index >= 15 is 0 Å². The van der Waals surface area contributed by atoms with Crippen LogP contribution in [0.25, 0.3) is 0 Å². The minimum Gasteiger partial charge on any atom is -0.355 e. The highest BCUT2D eigenvalue weighted by Gasteiger charge is 2.35. The molecule has 3 atom stereocenters. The highest BCUT2D eigenvalue weighted by molar-refractivity contribution is 8.00. The quantitative estimate of drug-likeness (QED) is 0.837. The largest absolute Gasteiger partial charge is 0.355 e. The molecule has 0 aliphatic carbocycles. The number of rotatable bonds is 4. The van der Waals surface area contributed by atoms with Gasteiger partial charge in [-0.3, -0.25) is 4.79 Å². The number of fused-ring (bicyclic) bond motifs is 2. The van der Waals surface area contributed by atoms with Gasteiger partial charge in [0.15, 0.2) is 0 Å². The van der Waals surface area contributed by atoms with E-state index < -0.39 is 0 Å². The van der Waals surface area contributed by atoms with Crippen molar-refractivity contribution in [3.8, 4) is 0 Å². The summed E-state index contributed by atoms with van der Waals surface area (Å²) in [5, 5.41) is 6.82. The second kappa shape index (κ2) is 6.89. The molecule has 3 nitrogen and oxygen atoms in total. The Balaban J connectivity index is 0.00000147. The van der Waals surface area contributed by atoms with Gasteiger partial charge in [0.05, 0.1) is 0 Å². The number of hydrogen-bond acceptors (Lipinski definition) is 3. The molecule has 2 N–H and O–H groups in total. The first-order valence-corrected chi connectivity index (χ1v) is 8.78. The molecule has 0 aromatic carbocycles. The fourth-order valence-corrected chi connectivity index (χ4v) is 5.18. The normalized spacial score (nSPS) is 39.4. The van der Waals surface area contributed by atoms with Crippen LogP contribution >= 0.6 is 24.2 Å². The SMILES string of the molecule is CC1(CNC(=O)CC2CC3CCC(C2)N3)CCCS1.Cl. The lowest BCUT2D eigenvalue weighted by molar-refractivity contribution is -0.122. The van der Waals surface area contributed by atoms with E-state index in [1.807, 2.05) is 11.8 Å². The van der Waals surface area contributed by atoms with E-state index in [0.29, 0.717) is 22.7 Å². The topological polar surface area (TPSA) is 41.1 Å². The molecule has 3 aliphatic rings. The van der Waals surface area contributed by atoms with Crippen molar-refractivity contribution in [2.45, 2.75) is 68.7 Å². The minimum absolute atomic E-state index is 0. The maximum Gasteiger partial charge on any atom is 0.220 e. The van der Waals surface area contributed by atoms with Gasteiger partial charge in [-0.25, -0.2) is 0 Å². The van der Waals surface area contributed by atoms with Crippen molar-refractivity contribution >= 4 is 30.1 Å². The Morgan fingerprint density at radius 3 is 2.65 bits per heavy atom. The summed E-state index contributed by atoms with van der Waals surface area (Å²) in [5.74, 6) is 2.15. The number of thioether (sulfide) groups is 1. The van der Waals surface area contributed by atoms with E-state index in [4.69, 9.17) is 0 Å². The highest BCUT2D eigenvalue weighted by atomic mass is 35.5. The zero-order valence-electron chi connectivity index (χ0n) is 12.3. The maximum absolute atomic E-state index is 12.1. The summed E-state index contributed by atoms with van der Waals surface area (Å²) in [6.07, 6.45) is 8.33. The lowest BCUT2D eigenvalue weighted by Gasteiger charge is -2.29. The molecule has 3 unspecified atom stereocenters. The van der Waals surface area contributed by atoms with Crippen LogP contribution in [0, 0.1) is 5.92 Å². The highest BCUT2D eigenvalue weighted by Crippen LogP contribution is 2.37. The molecule has 5 heteroatoms. The number of piperidine rings is 1. The van der Waals surface area contributed by atoms with E-state index in [2.05, 4.69) is 17.6 Å². The molecule has 0 saturated carbocycles. The second-order valence-corrected chi connectivity index (χ2v) is 8.54. The summed E-state index contributed by atoms with van der Waals surface area (Å²) in [5.41, 5.74) is 0. The molecule has 1 amide bonds. The van der Waals surface area contributed by atoms with E-state index in [0.717, 1.165) is 13.0 Å². The van der Waals surface area contributed by atoms with Crippen LogP contribution in [-0.2, 0) is 4.79 Å². The lowest BCUT2D eigenvalue weighted by Crippen LogP contribution is -2.41. The summed E-state index contributed by atoms with van der Waals surface area (Å²) in [6, 6.07) is 1.39. The molecule has 0 aromatic rings. The maximum atomic E-state index is 12.1. The van der Waals surface area contributed by atoms with Crippen LogP contribution in [0.3, 0.4) is 0 Å². The van der Waals surface area contributed by atoms with E-state index in [1.54, 1.807) is 0 Å². The smallest absolute Gasteiger partial charge is 0.220 e. The number of halogens is 1. The van der Waals surface area contributed by atoms with Gasteiger partial charge in [0, 0.05) is 29.8 Å². The van der Waals surface area contributed by atoms with Crippen molar-refractivity contribution in [3.05, 3.63) is 0 Å². The fourth-order valence-electron chi connectivity index (χ4n) is 3.94. The average Bonchev–Trinajstić information content (AvgIpc) is 2.95. The Bertz CT molecular complexity index is 335. The molecule has 3 rings (SSSR count). The molecule has 20 heavy (non-hydrogen) atoms. The molecule has 3 saturated heterocycles.